The first-order valence-electron chi connectivity index (χ1n) is 11.6. The summed E-state index contributed by atoms with van der Waals surface area (Å²) < 4.78 is 17.5. The van der Waals surface area contributed by atoms with Gasteiger partial charge in [0.15, 0.2) is 16.6 Å². The van der Waals surface area contributed by atoms with Crippen LogP contribution in [0.1, 0.15) is 24.1 Å². The fraction of sp³-hybridized carbons (Fsp3) is 0.179. The lowest BCUT2D eigenvalue weighted by atomic mass is 9.94. The smallest absolute Gasteiger partial charge is 0.301 e. The second-order valence-corrected chi connectivity index (χ2v) is 9.19. The molecule has 0 saturated carbocycles. The molecule has 1 N–H and O–H groups in total. The van der Waals surface area contributed by atoms with E-state index in [1.54, 1.807) is 54.6 Å². The standard InChI is InChI=1S/C28H24N2O6S/c1-4-36-17-13-14-19-21(15-17)37-28(29-19)30-23(18-11-8-12-20(34-2)26(18)35-3)22(25(32)27(30)33)24(31)16-9-6-5-7-10-16/h5-15,23,31H,4H2,1-3H3/t23-/m0/s1. The van der Waals surface area contributed by atoms with Crippen LogP contribution in [-0.2, 0) is 9.59 Å². The number of anilines is 1. The van der Waals surface area contributed by atoms with Crippen LogP contribution in [0.25, 0.3) is 16.0 Å². The number of carbonyl (C=O) groups excluding carboxylic acids is 2. The summed E-state index contributed by atoms with van der Waals surface area (Å²) in [5.41, 5.74) is 1.49. The molecule has 0 aliphatic carbocycles. The average molecular weight is 517 g/mol. The largest absolute Gasteiger partial charge is 0.507 e. The number of ether oxygens (including phenoxy) is 3. The molecule has 2 heterocycles. The molecule has 1 aromatic heterocycles. The number of aliphatic hydroxyl groups is 1. The number of aromatic nitrogens is 1. The van der Waals surface area contributed by atoms with Crippen molar-refractivity contribution in [3.8, 4) is 17.2 Å². The van der Waals surface area contributed by atoms with Gasteiger partial charge in [-0.15, -0.1) is 0 Å². The van der Waals surface area contributed by atoms with Crippen molar-refractivity contribution in [2.75, 3.05) is 25.7 Å². The van der Waals surface area contributed by atoms with E-state index in [-0.39, 0.29) is 11.3 Å². The molecule has 8 nitrogen and oxygen atoms in total. The minimum absolute atomic E-state index is 0.0583. The van der Waals surface area contributed by atoms with E-state index < -0.39 is 17.7 Å². The van der Waals surface area contributed by atoms with Gasteiger partial charge in [0.1, 0.15) is 17.6 Å². The maximum atomic E-state index is 13.5. The Labute approximate surface area is 217 Å². The number of hydrogen-bond acceptors (Lipinski definition) is 8. The Hall–Kier alpha value is -4.37. The number of benzene rings is 3. The third-order valence-corrected chi connectivity index (χ3v) is 7.10. The number of hydrogen-bond donors (Lipinski definition) is 1. The van der Waals surface area contributed by atoms with E-state index in [1.807, 2.05) is 19.1 Å². The molecule has 5 rings (SSSR count). The highest BCUT2D eigenvalue weighted by Gasteiger charge is 2.49. The summed E-state index contributed by atoms with van der Waals surface area (Å²) >= 11 is 1.26. The highest BCUT2D eigenvalue weighted by Crippen LogP contribution is 2.48. The molecular formula is C28H24N2O6S. The number of ketones is 1. The van der Waals surface area contributed by atoms with Crippen LogP contribution in [0.4, 0.5) is 5.13 Å². The Balaban J connectivity index is 1.75. The lowest BCUT2D eigenvalue weighted by molar-refractivity contribution is -0.132. The number of fused-ring (bicyclic) bond motifs is 1. The molecule has 1 atom stereocenters. The van der Waals surface area contributed by atoms with Gasteiger partial charge in [-0.1, -0.05) is 53.8 Å². The number of aliphatic hydroxyl groups excluding tert-OH is 1. The van der Waals surface area contributed by atoms with Gasteiger partial charge in [-0.05, 0) is 31.2 Å². The van der Waals surface area contributed by atoms with Crippen molar-refractivity contribution in [2.24, 2.45) is 0 Å². The number of rotatable bonds is 7. The van der Waals surface area contributed by atoms with Crippen LogP contribution >= 0.6 is 11.3 Å². The monoisotopic (exact) mass is 516 g/mol. The predicted octanol–water partition coefficient (Wildman–Crippen LogP) is 5.34. The van der Waals surface area contributed by atoms with E-state index in [0.717, 1.165) is 4.70 Å². The first kappa shape index (κ1) is 24.3. The SMILES string of the molecule is CCOc1ccc2nc(N3C(=O)C(=O)C(=C(O)c4ccccc4)[C@@H]3c3cccc(OC)c3OC)sc2c1. The molecule has 1 aliphatic rings. The zero-order valence-corrected chi connectivity index (χ0v) is 21.2. The first-order chi connectivity index (χ1) is 18.0. The van der Waals surface area contributed by atoms with Gasteiger partial charge in [0.25, 0.3) is 5.78 Å². The number of carbonyl (C=O) groups is 2. The molecule has 3 aromatic carbocycles. The molecular weight excluding hydrogens is 492 g/mol. The zero-order chi connectivity index (χ0) is 26.1. The number of para-hydroxylation sites is 1. The molecule has 1 fully saturated rings. The molecule has 188 valence electrons. The van der Waals surface area contributed by atoms with Gasteiger partial charge in [-0.25, -0.2) is 4.98 Å². The Morgan fingerprint density at radius 2 is 1.81 bits per heavy atom. The average Bonchev–Trinajstić information content (AvgIpc) is 3.46. The molecule has 1 aliphatic heterocycles. The van der Waals surface area contributed by atoms with Gasteiger partial charge in [0.05, 0.1) is 36.6 Å². The summed E-state index contributed by atoms with van der Waals surface area (Å²) in [4.78, 5) is 33.0. The van der Waals surface area contributed by atoms with Crippen molar-refractivity contribution >= 4 is 44.1 Å². The lowest BCUT2D eigenvalue weighted by Gasteiger charge is -2.25. The third kappa shape index (κ3) is 4.17. The van der Waals surface area contributed by atoms with E-state index in [2.05, 4.69) is 4.98 Å². The summed E-state index contributed by atoms with van der Waals surface area (Å²) in [6.45, 7) is 2.41. The Bertz CT molecular complexity index is 1530. The summed E-state index contributed by atoms with van der Waals surface area (Å²) in [6.07, 6.45) is 0. The molecule has 9 heteroatoms. The summed E-state index contributed by atoms with van der Waals surface area (Å²) in [6, 6.07) is 18.3. The fourth-order valence-electron chi connectivity index (χ4n) is 4.46. The molecule has 0 radical (unpaired) electrons. The molecule has 4 aromatic rings. The van der Waals surface area contributed by atoms with E-state index in [4.69, 9.17) is 14.2 Å². The minimum Gasteiger partial charge on any atom is -0.507 e. The topological polar surface area (TPSA) is 98.2 Å². The number of amides is 1. The van der Waals surface area contributed by atoms with Gasteiger partial charge in [0, 0.05) is 11.1 Å². The van der Waals surface area contributed by atoms with E-state index in [9.17, 15) is 14.7 Å². The summed E-state index contributed by atoms with van der Waals surface area (Å²) in [7, 11) is 2.99. The van der Waals surface area contributed by atoms with Crippen molar-refractivity contribution in [3.63, 3.8) is 0 Å². The van der Waals surface area contributed by atoms with Crippen LogP contribution in [0, 0.1) is 0 Å². The molecule has 1 saturated heterocycles. The molecule has 0 bridgehead atoms. The summed E-state index contributed by atoms with van der Waals surface area (Å²) in [5, 5.41) is 11.6. The lowest BCUT2D eigenvalue weighted by Crippen LogP contribution is -2.29. The summed E-state index contributed by atoms with van der Waals surface area (Å²) in [5.74, 6) is -0.433. The van der Waals surface area contributed by atoms with Crippen LogP contribution in [0.15, 0.2) is 72.3 Å². The number of methoxy groups -OCH3 is 2. The third-order valence-electron chi connectivity index (χ3n) is 6.09. The van der Waals surface area contributed by atoms with Crippen LogP contribution in [0.5, 0.6) is 17.2 Å². The van der Waals surface area contributed by atoms with E-state index in [0.29, 0.717) is 45.6 Å². The second-order valence-electron chi connectivity index (χ2n) is 8.18. The Morgan fingerprint density at radius 3 is 2.51 bits per heavy atom. The van der Waals surface area contributed by atoms with Crippen LogP contribution < -0.4 is 19.1 Å². The van der Waals surface area contributed by atoms with Crippen molar-refractivity contribution in [3.05, 3.63) is 83.4 Å². The highest BCUT2D eigenvalue weighted by molar-refractivity contribution is 7.22. The predicted molar refractivity (Wildman–Crippen MR) is 142 cm³/mol. The van der Waals surface area contributed by atoms with Gasteiger partial charge in [0.2, 0.25) is 0 Å². The van der Waals surface area contributed by atoms with Gasteiger partial charge >= 0.3 is 5.91 Å². The Morgan fingerprint density at radius 1 is 1.03 bits per heavy atom. The number of Topliss-reactive ketones (excluding diaryl/α,β-unsaturated/α-hetero) is 1. The number of nitrogens with zero attached hydrogens (tertiary/aromatic N) is 2. The first-order valence-corrected chi connectivity index (χ1v) is 12.4. The van der Waals surface area contributed by atoms with Gasteiger partial charge in [-0.2, -0.15) is 0 Å². The van der Waals surface area contributed by atoms with E-state index >= 15 is 0 Å². The Kier molecular flexibility index (Phi) is 6.54. The van der Waals surface area contributed by atoms with E-state index in [1.165, 1.54) is 30.5 Å². The van der Waals surface area contributed by atoms with Crippen molar-refractivity contribution in [1.29, 1.82) is 0 Å². The van der Waals surface area contributed by atoms with Crippen molar-refractivity contribution < 1.29 is 28.9 Å². The van der Waals surface area contributed by atoms with Gasteiger partial charge in [-0.3, -0.25) is 14.5 Å². The minimum atomic E-state index is -1.00. The molecule has 0 spiro atoms. The molecule has 1 amide bonds. The highest BCUT2D eigenvalue weighted by atomic mass is 32.1. The quantitative estimate of drug-likeness (QED) is 0.201. The maximum Gasteiger partial charge on any atom is 0.301 e. The van der Waals surface area contributed by atoms with Crippen LogP contribution in [0.2, 0.25) is 0 Å². The molecule has 37 heavy (non-hydrogen) atoms. The van der Waals surface area contributed by atoms with Crippen molar-refractivity contribution in [2.45, 2.75) is 13.0 Å². The zero-order valence-electron chi connectivity index (χ0n) is 20.4. The maximum absolute atomic E-state index is 13.5. The second kappa shape index (κ2) is 9.94. The van der Waals surface area contributed by atoms with Crippen LogP contribution in [-0.4, -0.2) is 42.6 Å². The number of thiazole rings is 1. The fourth-order valence-corrected chi connectivity index (χ4v) is 5.48. The molecule has 0 unspecified atom stereocenters. The normalized spacial score (nSPS) is 16.8. The van der Waals surface area contributed by atoms with Crippen LogP contribution in [0.3, 0.4) is 0 Å². The van der Waals surface area contributed by atoms with Crippen molar-refractivity contribution in [1.82, 2.24) is 4.98 Å². The van der Waals surface area contributed by atoms with Gasteiger partial charge < -0.3 is 19.3 Å².